The highest BCUT2D eigenvalue weighted by atomic mass is 35.5. The van der Waals surface area contributed by atoms with Gasteiger partial charge >= 0.3 is 6.36 Å². The zero-order valence-electron chi connectivity index (χ0n) is 29.7. The van der Waals surface area contributed by atoms with Gasteiger partial charge in [-0.05, 0) is 42.8 Å². The number of piperazine rings is 1. The molecule has 2 amide bonds. The molecule has 3 aliphatic rings. The van der Waals surface area contributed by atoms with Crippen LogP contribution in [0.15, 0.2) is 66.7 Å². The van der Waals surface area contributed by atoms with Gasteiger partial charge in [0.15, 0.2) is 0 Å². The predicted octanol–water partition coefficient (Wildman–Crippen LogP) is 5.78. The van der Waals surface area contributed by atoms with Crippen molar-refractivity contribution in [3.8, 4) is 11.3 Å². The number of halogens is 4. The second kappa shape index (κ2) is 14.9. The summed E-state index contributed by atoms with van der Waals surface area (Å²) < 4.78 is 50.8. The Balaban J connectivity index is 1.12. The number of amides is 2. The quantitative estimate of drug-likeness (QED) is 0.280. The van der Waals surface area contributed by atoms with Crippen molar-refractivity contribution in [2.75, 3.05) is 51.8 Å². The summed E-state index contributed by atoms with van der Waals surface area (Å²) in [4.78, 5) is 44.3. The van der Waals surface area contributed by atoms with Gasteiger partial charge in [-0.3, -0.25) is 14.5 Å². The van der Waals surface area contributed by atoms with Crippen molar-refractivity contribution in [2.24, 2.45) is 5.41 Å². The van der Waals surface area contributed by atoms with Crippen LogP contribution in [-0.4, -0.2) is 107 Å². The van der Waals surface area contributed by atoms with Gasteiger partial charge in [-0.1, -0.05) is 51.1 Å². The topological polar surface area (TPSA) is 116 Å². The van der Waals surface area contributed by atoms with Crippen molar-refractivity contribution in [3.63, 3.8) is 0 Å². The van der Waals surface area contributed by atoms with Crippen LogP contribution in [0.3, 0.4) is 0 Å². The number of nitrogens with zero attached hydrogens (tertiary/aromatic N) is 5. The molecule has 4 unspecified atom stereocenters. The van der Waals surface area contributed by atoms with E-state index in [1.54, 1.807) is 49.7 Å². The van der Waals surface area contributed by atoms with Crippen LogP contribution in [0.25, 0.3) is 16.8 Å². The zero-order valence-corrected chi connectivity index (χ0v) is 30.5. The molecule has 0 bridgehead atoms. The molecule has 278 valence electrons. The van der Waals surface area contributed by atoms with E-state index in [4.69, 9.17) is 16.3 Å². The number of rotatable bonds is 8. The van der Waals surface area contributed by atoms with Gasteiger partial charge in [0.2, 0.25) is 5.91 Å². The standard InChI is InChI=1S/C37H43ClF3N7O4/c1-36(2,3)35(50)48-14-12-47(13-15-48)32-11-10-24(19-42-32)34(49)45-28-18-31(52-37(39,40)41)26(17-27(28)38)22-6-8-23(9-7-22)29-20-43-33(44-29)30-16-25(51-5)21-46(30)4/h6-11,17-20,25,27-28,30H,12-16,21H2,1-5H3,(H,43,44)(H,45,49). The van der Waals surface area contributed by atoms with E-state index in [1.807, 2.05) is 37.6 Å². The number of carbonyl (C=O) groups is 2. The fraction of sp³-hybridized carbons (Fsp3) is 0.459. The number of anilines is 1. The number of hydrogen-bond donors (Lipinski definition) is 2. The highest BCUT2D eigenvalue weighted by Gasteiger charge is 2.37. The molecule has 3 aromatic rings. The third-order valence-corrected chi connectivity index (χ3v) is 9.99. The van der Waals surface area contributed by atoms with Gasteiger partial charge in [-0.25, -0.2) is 9.97 Å². The molecular formula is C37H43ClF3N7O4. The lowest BCUT2D eigenvalue weighted by Gasteiger charge is -2.38. The number of likely N-dealkylation sites (N-methyl/N-ethyl adjacent to an activating group) is 1. The van der Waals surface area contributed by atoms with E-state index in [2.05, 4.69) is 29.9 Å². The van der Waals surface area contributed by atoms with Crippen LogP contribution in [-0.2, 0) is 14.3 Å². The number of H-pyrrole nitrogens is 1. The van der Waals surface area contributed by atoms with Gasteiger partial charge in [0.05, 0.1) is 41.0 Å². The first kappa shape index (κ1) is 37.4. The molecule has 2 N–H and O–H groups in total. The SMILES string of the molecule is COC1CC(c2ncc(-c3ccc(C4=CC(Cl)C(NC(=O)c5ccc(N6CCN(C(=O)C(C)(C)C)CC6)nc5)C=C4OC(F)(F)F)cc3)[nH]2)N(C)C1. The van der Waals surface area contributed by atoms with E-state index in [9.17, 15) is 22.8 Å². The lowest BCUT2D eigenvalue weighted by atomic mass is 9.94. The highest BCUT2D eigenvalue weighted by Crippen LogP contribution is 2.37. The minimum Gasteiger partial charge on any atom is -0.405 e. The number of methoxy groups -OCH3 is 1. The average Bonchev–Trinajstić information content (AvgIpc) is 3.75. The predicted molar refractivity (Wildman–Crippen MR) is 191 cm³/mol. The van der Waals surface area contributed by atoms with Crippen molar-refractivity contribution in [2.45, 2.75) is 57.1 Å². The molecule has 15 heteroatoms. The van der Waals surface area contributed by atoms with E-state index in [-0.39, 0.29) is 29.2 Å². The maximum atomic E-state index is 13.6. The summed E-state index contributed by atoms with van der Waals surface area (Å²) in [7, 11) is 3.72. The number of pyridine rings is 1. The van der Waals surface area contributed by atoms with Gasteiger partial charge < -0.3 is 29.6 Å². The van der Waals surface area contributed by atoms with Crippen LogP contribution in [0.5, 0.6) is 0 Å². The fourth-order valence-electron chi connectivity index (χ4n) is 6.74. The maximum Gasteiger partial charge on any atom is 0.573 e. The molecule has 4 atom stereocenters. The first-order valence-corrected chi connectivity index (χ1v) is 17.6. The average molecular weight is 742 g/mol. The van der Waals surface area contributed by atoms with Crippen LogP contribution in [0.1, 0.15) is 55.0 Å². The minimum absolute atomic E-state index is 0.0844. The number of imidazole rings is 1. The van der Waals surface area contributed by atoms with Crippen molar-refractivity contribution in [1.82, 2.24) is 30.1 Å². The number of likely N-dealkylation sites (tertiary alicyclic amines) is 1. The second-order valence-electron chi connectivity index (χ2n) is 14.3. The number of benzene rings is 1. The smallest absolute Gasteiger partial charge is 0.405 e. The van der Waals surface area contributed by atoms with Gasteiger partial charge in [0, 0.05) is 57.0 Å². The molecule has 4 heterocycles. The summed E-state index contributed by atoms with van der Waals surface area (Å²) in [5.41, 5.74) is 1.93. The third-order valence-electron chi connectivity index (χ3n) is 9.59. The largest absolute Gasteiger partial charge is 0.573 e. The molecule has 6 rings (SSSR count). The van der Waals surface area contributed by atoms with E-state index in [0.717, 1.165) is 30.0 Å². The molecule has 2 aliphatic heterocycles. The Morgan fingerprint density at radius 2 is 1.65 bits per heavy atom. The van der Waals surface area contributed by atoms with E-state index in [1.165, 1.54) is 18.3 Å². The first-order valence-electron chi connectivity index (χ1n) is 17.1. The molecule has 0 spiro atoms. The van der Waals surface area contributed by atoms with Gasteiger partial charge in [-0.2, -0.15) is 0 Å². The maximum absolute atomic E-state index is 13.6. The number of allylic oxidation sites excluding steroid dienone is 1. The summed E-state index contributed by atoms with van der Waals surface area (Å²) in [5, 5.41) is 1.83. The number of aromatic nitrogens is 3. The fourth-order valence-corrected chi connectivity index (χ4v) is 7.01. The molecule has 0 saturated carbocycles. The van der Waals surface area contributed by atoms with Crippen molar-refractivity contribution >= 4 is 34.8 Å². The lowest BCUT2D eigenvalue weighted by Crippen LogP contribution is -2.51. The van der Waals surface area contributed by atoms with Crippen molar-refractivity contribution in [3.05, 3.63) is 83.7 Å². The summed E-state index contributed by atoms with van der Waals surface area (Å²) in [6.45, 7) is 8.80. The Morgan fingerprint density at radius 3 is 2.25 bits per heavy atom. The Kier molecular flexibility index (Phi) is 10.7. The van der Waals surface area contributed by atoms with Crippen LogP contribution in [0.4, 0.5) is 19.0 Å². The molecule has 1 aliphatic carbocycles. The number of ether oxygens (including phenoxy) is 2. The monoisotopic (exact) mass is 741 g/mol. The number of hydrogen-bond acceptors (Lipinski definition) is 8. The summed E-state index contributed by atoms with van der Waals surface area (Å²) in [6.07, 6.45) is 1.73. The van der Waals surface area contributed by atoms with E-state index in [0.29, 0.717) is 37.6 Å². The van der Waals surface area contributed by atoms with E-state index < -0.39 is 34.9 Å². The Hall–Kier alpha value is -4.40. The first-order chi connectivity index (χ1) is 24.6. The molecule has 11 nitrogen and oxygen atoms in total. The second-order valence-corrected chi connectivity index (χ2v) is 14.8. The molecule has 1 aromatic carbocycles. The normalized spacial score (nSPS) is 22.9. The molecule has 2 saturated heterocycles. The Labute approximate surface area is 305 Å². The molecule has 2 aromatic heterocycles. The highest BCUT2D eigenvalue weighted by molar-refractivity contribution is 6.23. The number of aromatic amines is 1. The molecule has 52 heavy (non-hydrogen) atoms. The van der Waals surface area contributed by atoms with Crippen LogP contribution in [0.2, 0.25) is 0 Å². The summed E-state index contributed by atoms with van der Waals surface area (Å²) in [6, 6.07) is 9.34. The lowest BCUT2D eigenvalue weighted by molar-refractivity contribution is -0.302. The van der Waals surface area contributed by atoms with Gasteiger partial charge in [-0.15, -0.1) is 24.8 Å². The van der Waals surface area contributed by atoms with Crippen LogP contribution in [0, 0.1) is 5.41 Å². The van der Waals surface area contributed by atoms with E-state index >= 15 is 0 Å². The van der Waals surface area contributed by atoms with Crippen LogP contribution < -0.4 is 10.2 Å². The Morgan fingerprint density at radius 1 is 0.962 bits per heavy atom. The van der Waals surface area contributed by atoms with Crippen molar-refractivity contribution in [1.29, 1.82) is 0 Å². The molecule has 0 radical (unpaired) electrons. The summed E-state index contributed by atoms with van der Waals surface area (Å²) in [5.74, 6) is 0.536. The van der Waals surface area contributed by atoms with Crippen molar-refractivity contribution < 1.29 is 32.2 Å². The zero-order chi connectivity index (χ0) is 37.4. The third kappa shape index (κ3) is 8.45. The number of carbonyl (C=O) groups excluding carboxylic acids is 2. The number of alkyl halides is 4. The minimum atomic E-state index is -4.98. The van der Waals surface area contributed by atoms with Crippen LogP contribution >= 0.6 is 11.6 Å². The Bertz CT molecular complexity index is 1810. The number of nitrogens with one attached hydrogen (secondary N) is 2. The van der Waals surface area contributed by atoms with Gasteiger partial charge in [0.1, 0.15) is 17.4 Å². The van der Waals surface area contributed by atoms with Gasteiger partial charge in [0.25, 0.3) is 5.91 Å². The summed E-state index contributed by atoms with van der Waals surface area (Å²) >= 11 is 6.66. The molecule has 2 fully saturated rings. The molecular weight excluding hydrogens is 699 g/mol.